The zero-order valence-electron chi connectivity index (χ0n) is 14.5. The molecule has 4 atom stereocenters. The van der Waals surface area contributed by atoms with Gasteiger partial charge < -0.3 is 18.9 Å². The van der Waals surface area contributed by atoms with E-state index in [9.17, 15) is 14.4 Å². The average molecular weight is 351 g/mol. The number of carbonyl (C=O) groups excluding carboxylic acids is 3. The fourth-order valence-electron chi connectivity index (χ4n) is 3.13. The summed E-state index contributed by atoms with van der Waals surface area (Å²) >= 11 is 0. The normalized spacial score (nSPS) is 25.1. The van der Waals surface area contributed by atoms with Crippen molar-refractivity contribution in [1.29, 1.82) is 0 Å². The van der Waals surface area contributed by atoms with Gasteiger partial charge in [-0.1, -0.05) is 12.1 Å². The van der Waals surface area contributed by atoms with E-state index in [0.29, 0.717) is 11.3 Å². The minimum absolute atomic E-state index is 0.582. The van der Waals surface area contributed by atoms with Crippen LogP contribution >= 0.6 is 0 Å². The molecule has 1 aliphatic rings. The first kappa shape index (κ1) is 18.7. The number of hydrogen-bond acceptors (Lipinski definition) is 8. The predicted octanol–water partition coefficient (Wildman–Crippen LogP) is 0.460. The monoisotopic (exact) mass is 351 g/mol. The summed E-state index contributed by atoms with van der Waals surface area (Å²) in [6, 6.07) is 5.32. The first-order chi connectivity index (χ1) is 12.0. The van der Waals surface area contributed by atoms with Crippen LogP contribution in [0.3, 0.4) is 0 Å². The van der Waals surface area contributed by atoms with Gasteiger partial charge in [-0.05, 0) is 17.7 Å². The SMILES string of the molecule is COC(=O)[C@@H]1[C@H](C(=O)OC)[C@H](C(=O)OC)N[C@@H]1c1cccc(OC)c1. The Morgan fingerprint density at radius 2 is 1.48 bits per heavy atom. The first-order valence-corrected chi connectivity index (χ1v) is 7.62. The third-order valence-corrected chi connectivity index (χ3v) is 4.32. The number of nitrogens with one attached hydrogen (secondary N) is 1. The van der Waals surface area contributed by atoms with E-state index in [1.165, 1.54) is 28.4 Å². The van der Waals surface area contributed by atoms with Crippen LogP contribution in [0.15, 0.2) is 24.3 Å². The molecular formula is C17H21NO7. The summed E-state index contributed by atoms with van der Waals surface area (Å²) in [7, 11) is 5.16. The van der Waals surface area contributed by atoms with Gasteiger partial charge in [0.05, 0.1) is 40.3 Å². The van der Waals surface area contributed by atoms with Crippen molar-refractivity contribution in [3.63, 3.8) is 0 Å². The van der Waals surface area contributed by atoms with Gasteiger partial charge in [0.1, 0.15) is 11.8 Å². The number of methoxy groups -OCH3 is 4. The molecule has 0 bridgehead atoms. The Labute approximate surface area is 145 Å². The highest BCUT2D eigenvalue weighted by Crippen LogP contribution is 2.40. The van der Waals surface area contributed by atoms with Crippen LogP contribution in [-0.4, -0.2) is 52.4 Å². The van der Waals surface area contributed by atoms with Gasteiger partial charge in [0.15, 0.2) is 0 Å². The molecule has 1 aromatic rings. The average Bonchev–Trinajstić information content (AvgIpc) is 3.06. The molecule has 136 valence electrons. The van der Waals surface area contributed by atoms with Crippen LogP contribution in [0, 0.1) is 11.8 Å². The minimum atomic E-state index is -1.07. The summed E-state index contributed by atoms with van der Waals surface area (Å²) in [6.45, 7) is 0. The molecule has 0 unspecified atom stereocenters. The topological polar surface area (TPSA) is 100 Å². The van der Waals surface area contributed by atoms with Gasteiger partial charge >= 0.3 is 17.9 Å². The van der Waals surface area contributed by atoms with Crippen LogP contribution in [0.25, 0.3) is 0 Å². The van der Waals surface area contributed by atoms with Crippen molar-refractivity contribution in [2.75, 3.05) is 28.4 Å². The molecule has 1 saturated heterocycles. The van der Waals surface area contributed by atoms with Crippen molar-refractivity contribution in [3.05, 3.63) is 29.8 Å². The van der Waals surface area contributed by atoms with Gasteiger partial charge in [-0.2, -0.15) is 0 Å². The maximum atomic E-state index is 12.4. The van der Waals surface area contributed by atoms with Crippen LogP contribution in [-0.2, 0) is 28.6 Å². The third-order valence-electron chi connectivity index (χ3n) is 4.32. The summed E-state index contributed by atoms with van der Waals surface area (Å²) in [4.78, 5) is 36.8. The second-order valence-electron chi connectivity index (χ2n) is 5.52. The van der Waals surface area contributed by atoms with Crippen LogP contribution in [0.2, 0.25) is 0 Å². The van der Waals surface area contributed by atoms with E-state index in [1.54, 1.807) is 24.3 Å². The lowest BCUT2D eigenvalue weighted by Gasteiger charge is -2.21. The molecule has 0 radical (unpaired) electrons. The molecule has 1 N–H and O–H groups in total. The summed E-state index contributed by atoms with van der Waals surface area (Å²) in [5, 5.41) is 3.01. The van der Waals surface area contributed by atoms with Gasteiger partial charge in [-0.3, -0.25) is 19.7 Å². The minimum Gasteiger partial charge on any atom is -0.497 e. The van der Waals surface area contributed by atoms with Crippen molar-refractivity contribution >= 4 is 17.9 Å². The van der Waals surface area contributed by atoms with Gasteiger partial charge in [0.2, 0.25) is 0 Å². The highest BCUT2D eigenvalue weighted by Gasteiger charge is 2.55. The summed E-state index contributed by atoms with van der Waals surface area (Å²) < 4.78 is 19.6. The van der Waals surface area contributed by atoms with E-state index in [2.05, 4.69) is 5.32 Å². The molecule has 2 rings (SSSR count). The van der Waals surface area contributed by atoms with E-state index in [1.807, 2.05) is 0 Å². The highest BCUT2D eigenvalue weighted by molar-refractivity contribution is 5.91. The number of benzene rings is 1. The Kier molecular flexibility index (Phi) is 5.97. The molecule has 25 heavy (non-hydrogen) atoms. The highest BCUT2D eigenvalue weighted by atomic mass is 16.5. The molecule has 1 fully saturated rings. The molecule has 8 nitrogen and oxygen atoms in total. The Morgan fingerprint density at radius 3 is 2.04 bits per heavy atom. The standard InChI is InChI=1S/C17H21NO7/c1-22-10-7-5-6-9(8-10)13-11(15(19)23-2)12(16(20)24-3)14(18-13)17(21)25-4/h5-8,11-14,18H,1-4H3/t11-,12+,13-,14-/m1/s1. The van der Waals surface area contributed by atoms with Crippen molar-refractivity contribution in [2.24, 2.45) is 11.8 Å². The lowest BCUT2D eigenvalue weighted by Crippen LogP contribution is -2.42. The van der Waals surface area contributed by atoms with E-state index in [4.69, 9.17) is 18.9 Å². The molecule has 8 heteroatoms. The second-order valence-corrected chi connectivity index (χ2v) is 5.52. The van der Waals surface area contributed by atoms with E-state index in [-0.39, 0.29) is 0 Å². The number of esters is 3. The van der Waals surface area contributed by atoms with Gasteiger partial charge in [0.25, 0.3) is 0 Å². The fourth-order valence-corrected chi connectivity index (χ4v) is 3.13. The van der Waals surface area contributed by atoms with Crippen LogP contribution in [0.4, 0.5) is 0 Å². The van der Waals surface area contributed by atoms with E-state index in [0.717, 1.165) is 0 Å². The molecule has 1 aliphatic heterocycles. The van der Waals surface area contributed by atoms with Gasteiger partial charge in [-0.25, -0.2) is 0 Å². The molecule has 0 aromatic heterocycles. The molecule has 0 saturated carbocycles. The van der Waals surface area contributed by atoms with Crippen LogP contribution < -0.4 is 10.1 Å². The van der Waals surface area contributed by atoms with Crippen LogP contribution in [0.1, 0.15) is 11.6 Å². The molecular weight excluding hydrogens is 330 g/mol. The predicted molar refractivity (Wildman–Crippen MR) is 85.7 cm³/mol. The van der Waals surface area contributed by atoms with Crippen molar-refractivity contribution < 1.29 is 33.3 Å². The number of carbonyl (C=O) groups is 3. The lowest BCUT2D eigenvalue weighted by atomic mass is 9.84. The Balaban J connectivity index is 2.51. The zero-order chi connectivity index (χ0) is 18.6. The maximum absolute atomic E-state index is 12.4. The van der Waals surface area contributed by atoms with E-state index >= 15 is 0 Å². The maximum Gasteiger partial charge on any atom is 0.323 e. The van der Waals surface area contributed by atoms with E-state index < -0.39 is 41.8 Å². The largest absolute Gasteiger partial charge is 0.497 e. The summed E-state index contributed by atoms with van der Waals surface area (Å²) in [5.41, 5.74) is 0.676. The number of ether oxygens (including phenoxy) is 4. The summed E-state index contributed by atoms with van der Waals surface area (Å²) in [5.74, 6) is -3.41. The Bertz CT molecular complexity index is 660. The lowest BCUT2D eigenvalue weighted by molar-refractivity contribution is -0.159. The molecule has 0 spiro atoms. The fraction of sp³-hybridized carbons (Fsp3) is 0.471. The molecule has 1 aromatic carbocycles. The van der Waals surface area contributed by atoms with Crippen molar-refractivity contribution in [3.8, 4) is 5.75 Å². The Hall–Kier alpha value is -2.61. The zero-order valence-corrected chi connectivity index (χ0v) is 14.5. The van der Waals surface area contributed by atoms with Gasteiger partial charge in [-0.15, -0.1) is 0 Å². The molecule has 0 amide bonds. The first-order valence-electron chi connectivity index (χ1n) is 7.62. The summed E-state index contributed by atoms with van der Waals surface area (Å²) in [6.07, 6.45) is 0. The van der Waals surface area contributed by atoms with Crippen molar-refractivity contribution in [1.82, 2.24) is 5.32 Å². The number of hydrogen-bond donors (Lipinski definition) is 1. The molecule has 1 heterocycles. The van der Waals surface area contributed by atoms with Gasteiger partial charge in [0, 0.05) is 6.04 Å². The quantitative estimate of drug-likeness (QED) is 0.603. The second kappa shape index (κ2) is 7.98. The molecule has 0 aliphatic carbocycles. The van der Waals surface area contributed by atoms with Crippen LogP contribution in [0.5, 0.6) is 5.75 Å². The Morgan fingerprint density at radius 1 is 0.880 bits per heavy atom. The third kappa shape index (κ3) is 3.58. The smallest absolute Gasteiger partial charge is 0.323 e. The number of rotatable bonds is 5. The van der Waals surface area contributed by atoms with Crippen molar-refractivity contribution in [2.45, 2.75) is 12.1 Å².